The van der Waals surface area contributed by atoms with Gasteiger partial charge in [-0.25, -0.2) is 4.98 Å². The highest BCUT2D eigenvalue weighted by Crippen LogP contribution is 2.41. The molecule has 0 saturated carbocycles. The second-order valence-electron chi connectivity index (χ2n) is 7.08. The summed E-state index contributed by atoms with van der Waals surface area (Å²) in [5.41, 5.74) is 2.23. The van der Waals surface area contributed by atoms with E-state index >= 15 is 0 Å². The predicted molar refractivity (Wildman–Crippen MR) is 92.5 cm³/mol. The van der Waals surface area contributed by atoms with Gasteiger partial charge in [0, 0.05) is 43.4 Å². The lowest BCUT2D eigenvalue weighted by atomic mass is 9.86. The summed E-state index contributed by atoms with van der Waals surface area (Å²) in [5, 5.41) is 0. The third-order valence-corrected chi connectivity index (χ3v) is 5.10. The normalized spacial score (nSPS) is 24.2. The Kier molecular flexibility index (Phi) is 3.81. The summed E-state index contributed by atoms with van der Waals surface area (Å²) in [5.74, 6) is 0.974. The summed E-state index contributed by atoms with van der Waals surface area (Å²) in [6, 6.07) is 11.9. The van der Waals surface area contributed by atoms with Crippen LogP contribution in [-0.2, 0) is 11.3 Å². The number of likely N-dealkylation sites (tertiary alicyclic amines) is 1. The first-order valence-electron chi connectivity index (χ1n) is 8.50. The molecule has 1 amide bonds. The average Bonchev–Trinajstić information content (AvgIpc) is 3.11. The maximum Gasteiger partial charge on any atom is 0.228 e. The van der Waals surface area contributed by atoms with Crippen LogP contribution in [0.5, 0.6) is 0 Å². The Bertz CT molecular complexity index is 748. The first-order valence-corrected chi connectivity index (χ1v) is 8.50. The Hall–Kier alpha value is -2.27. The van der Waals surface area contributed by atoms with Crippen molar-refractivity contribution >= 4 is 11.7 Å². The highest BCUT2D eigenvalue weighted by Gasteiger charge is 2.48. The fraction of sp³-hybridized carbons (Fsp3) is 0.421. The number of rotatable bonds is 3. The minimum absolute atomic E-state index is 0.0679. The Balaban J connectivity index is 1.45. The van der Waals surface area contributed by atoms with Crippen LogP contribution in [0.25, 0.3) is 0 Å². The number of anilines is 1. The summed E-state index contributed by atoms with van der Waals surface area (Å²) >= 11 is 0. The molecule has 2 aliphatic rings. The Morgan fingerprint density at radius 2 is 2.08 bits per heavy atom. The molecule has 0 N–H and O–H groups in total. The number of carbonyl (C=O) groups excluding carboxylic acids is 1. The fourth-order valence-corrected chi connectivity index (χ4v) is 3.97. The van der Waals surface area contributed by atoms with Crippen molar-refractivity contribution in [2.75, 3.05) is 24.5 Å². The maximum atomic E-state index is 12.5. The highest BCUT2D eigenvalue weighted by atomic mass is 16.2. The summed E-state index contributed by atoms with van der Waals surface area (Å²) in [7, 11) is 0. The molecule has 1 spiro atoms. The molecule has 1 atom stereocenters. The first-order chi connectivity index (χ1) is 11.6. The molecule has 24 heavy (non-hydrogen) atoms. The molecule has 2 fully saturated rings. The third-order valence-electron chi connectivity index (χ3n) is 5.10. The van der Waals surface area contributed by atoms with Gasteiger partial charge in [0.25, 0.3) is 0 Å². The molecule has 2 aliphatic heterocycles. The van der Waals surface area contributed by atoms with Crippen LogP contribution in [0.4, 0.5) is 5.82 Å². The van der Waals surface area contributed by atoms with E-state index in [-0.39, 0.29) is 11.3 Å². The van der Waals surface area contributed by atoms with E-state index in [1.807, 2.05) is 36.1 Å². The van der Waals surface area contributed by atoms with Crippen molar-refractivity contribution in [1.29, 1.82) is 0 Å². The van der Waals surface area contributed by atoms with E-state index in [4.69, 9.17) is 0 Å². The molecule has 4 rings (SSSR count). The second-order valence-corrected chi connectivity index (χ2v) is 7.08. The van der Waals surface area contributed by atoms with Gasteiger partial charge in [-0.3, -0.25) is 19.6 Å². The van der Waals surface area contributed by atoms with Gasteiger partial charge in [0.15, 0.2) is 0 Å². The number of aryl methyl sites for hydroxylation is 1. The molecule has 5 nitrogen and oxygen atoms in total. The van der Waals surface area contributed by atoms with E-state index in [0.29, 0.717) is 6.42 Å². The minimum atomic E-state index is 0.0679. The van der Waals surface area contributed by atoms with Crippen LogP contribution in [0.3, 0.4) is 0 Å². The van der Waals surface area contributed by atoms with Crippen LogP contribution in [-0.4, -0.2) is 40.4 Å². The monoisotopic (exact) mass is 322 g/mol. The molecule has 0 radical (unpaired) electrons. The number of nitrogens with zero attached hydrogens (tertiary/aromatic N) is 4. The average molecular weight is 322 g/mol. The number of pyridine rings is 2. The molecule has 2 aromatic heterocycles. The van der Waals surface area contributed by atoms with Crippen molar-refractivity contribution in [3.05, 3.63) is 54.0 Å². The molecular weight excluding hydrogens is 300 g/mol. The number of hydrogen-bond donors (Lipinski definition) is 0. The van der Waals surface area contributed by atoms with E-state index in [9.17, 15) is 4.79 Å². The van der Waals surface area contributed by atoms with Gasteiger partial charge in [0.2, 0.25) is 5.91 Å². The SMILES string of the molecule is Cc1cccc(CN2CCC3(CC(=O)N(c4ccccn4)C3)C2)n1. The predicted octanol–water partition coefficient (Wildman–Crippen LogP) is 2.41. The maximum absolute atomic E-state index is 12.5. The van der Waals surface area contributed by atoms with Crippen molar-refractivity contribution in [3.8, 4) is 0 Å². The topological polar surface area (TPSA) is 49.3 Å². The van der Waals surface area contributed by atoms with E-state index in [2.05, 4.69) is 27.0 Å². The van der Waals surface area contributed by atoms with E-state index < -0.39 is 0 Å². The molecule has 0 aliphatic carbocycles. The number of hydrogen-bond acceptors (Lipinski definition) is 4. The smallest absolute Gasteiger partial charge is 0.228 e. The van der Waals surface area contributed by atoms with Crippen LogP contribution >= 0.6 is 0 Å². The summed E-state index contributed by atoms with van der Waals surface area (Å²) in [6.07, 6.45) is 3.44. The molecule has 1 unspecified atom stereocenters. The molecule has 0 aromatic carbocycles. The minimum Gasteiger partial charge on any atom is -0.297 e. The zero-order chi connectivity index (χ0) is 16.6. The fourth-order valence-electron chi connectivity index (χ4n) is 3.97. The van der Waals surface area contributed by atoms with E-state index in [0.717, 1.165) is 49.8 Å². The lowest BCUT2D eigenvalue weighted by Crippen LogP contribution is -2.31. The first kappa shape index (κ1) is 15.3. The molecule has 2 aromatic rings. The molecule has 0 bridgehead atoms. The van der Waals surface area contributed by atoms with Crippen molar-refractivity contribution in [1.82, 2.24) is 14.9 Å². The number of carbonyl (C=O) groups is 1. The van der Waals surface area contributed by atoms with E-state index in [1.54, 1.807) is 6.20 Å². The molecule has 124 valence electrons. The Morgan fingerprint density at radius 1 is 1.17 bits per heavy atom. The largest absolute Gasteiger partial charge is 0.297 e. The highest BCUT2D eigenvalue weighted by molar-refractivity contribution is 5.95. The van der Waals surface area contributed by atoms with Crippen LogP contribution < -0.4 is 4.90 Å². The zero-order valence-electron chi connectivity index (χ0n) is 14.0. The zero-order valence-corrected chi connectivity index (χ0v) is 14.0. The van der Waals surface area contributed by atoms with Crippen LogP contribution in [0.15, 0.2) is 42.6 Å². The lowest BCUT2D eigenvalue weighted by Gasteiger charge is -2.23. The molecular formula is C19H22N4O. The van der Waals surface area contributed by atoms with Gasteiger partial charge in [0.05, 0.1) is 5.69 Å². The van der Waals surface area contributed by atoms with Crippen LogP contribution in [0.2, 0.25) is 0 Å². The van der Waals surface area contributed by atoms with Crippen molar-refractivity contribution in [2.24, 2.45) is 5.41 Å². The van der Waals surface area contributed by atoms with Crippen molar-refractivity contribution in [2.45, 2.75) is 26.3 Å². The molecule has 5 heteroatoms. The number of aromatic nitrogens is 2. The van der Waals surface area contributed by atoms with Gasteiger partial charge in [-0.1, -0.05) is 12.1 Å². The second kappa shape index (κ2) is 5.98. The quantitative estimate of drug-likeness (QED) is 0.871. The van der Waals surface area contributed by atoms with Gasteiger partial charge < -0.3 is 0 Å². The van der Waals surface area contributed by atoms with Crippen molar-refractivity contribution in [3.63, 3.8) is 0 Å². The molecule has 2 saturated heterocycles. The standard InChI is InChI=1S/C19H22N4O/c1-15-5-4-6-16(21-15)12-22-10-8-19(13-22)11-18(24)23(14-19)17-7-2-3-9-20-17/h2-7,9H,8,10-14H2,1H3. The lowest BCUT2D eigenvalue weighted by molar-refractivity contribution is -0.117. The van der Waals surface area contributed by atoms with Gasteiger partial charge in [-0.05, 0) is 44.2 Å². The van der Waals surface area contributed by atoms with Gasteiger partial charge >= 0.3 is 0 Å². The van der Waals surface area contributed by atoms with Gasteiger partial charge in [0.1, 0.15) is 5.82 Å². The summed E-state index contributed by atoms with van der Waals surface area (Å²) < 4.78 is 0. The van der Waals surface area contributed by atoms with Gasteiger partial charge in [-0.2, -0.15) is 0 Å². The van der Waals surface area contributed by atoms with Crippen LogP contribution in [0.1, 0.15) is 24.2 Å². The number of amides is 1. The van der Waals surface area contributed by atoms with Crippen molar-refractivity contribution < 1.29 is 4.79 Å². The molecule has 4 heterocycles. The van der Waals surface area contributed by atoms with E-state index in [1.165, 1.54) is 0 Å². The summed E-state index contributed by atoms with van der Waals surface area (Å²) in [6.45, 7) is 5.65. The summed E-state index contributed by atoms with van der Waals surface area (Å²) in [4.78, 5) is 25.7. The Morgan fingerprint density at radius 3 is 2.88 bits per heavy atom. The van der Waals surface area contributed by atoms with Gasteiger partial charge in [-0.15, -0.1) is 0 Å². The Labute approximate surface area is 142 Å². The third kappa shape index (κ3) is 2.91. The van der Waals surface area contributed by atoms with Crippen LogP contribution in [0, 0.1) is 12.3 Å².